The van der Waals surface area contributed by atoms with Crippen molar-refractivity contribution in [3.63, 3.8) is 0 Å². The number of nitrogens with zero attached hydrogens (tertiary/aromatic N) is 1. The molecule has 0 spiro atoms. The van der Waals surface area contributed by atoms with Crippen molar-refractivity contribution in [1.29, 1.82) is 0 Å². The van der Waals surface area contributed by atoms with Gasteiger partial charge in [0.2, 0.25) is 5.91 Å². The highest BCUT2D eigenvalue weighted by molar-refractivity contribution is 5.95. The molecule has 41 heavy (non-hydrogen) atoms. The lowest BCUT2D eigenvalue weighted by molar-refractivity contribution is -0.140. The van der Waals surface area contributed by atoms with E-state index in [1.807, 2.05) is 18.3 Å². The fourth-order valence-corrected chi connectivity index (χ4v) is 11.3. The number of imidazole rings is 1. The molecule has 8 aliphatic rings. The number of nitrogens with one attached hydrogen (secondary N) is 3. The van der Waals surface area contributed by atoms with Crippen molar-refractivity contribution in [3.05, 3.63) is 54.7 Å². The molecule has 11 rings (SSSR count). The summed E-state index contributed by atoms with van der Waals surface area (Å²) in [5, 5.41) is 7.32. The smallest absolute Gasteiger partial charge is 0.230 e. The third-order valence-corrected chi connectivity index (χ3v) is 12.1. The number of aromatic nitrogens is 2. The Morgan fingerprint density at radius 2 is 1.29 bits per heavy atom. The van der Waals surface area contributed by atoms with E-state index in [0.29, 0.717) is 5.54 Å². The Hall–Kier alpha value is -3.08. The first kappa shape index (κ1) is 24.5. The van der Waals surface area contributed by atoms with E-state index < -0.39 is 0 Å². The van der Waals surface area contributed by atoms with E-state index in [1.54, 1.807) is 0 Å². The first-order chi connectivity index (χ1) is 20.0. The van der Waals surface area contributed by atoms with Gasteiger partial charge in [-0.25, -0.2) is 4.98 Å². The molecule has 1 amide bonds. The van der Waals surface area contributed by atoms with Gasteiger partial charge in [-0.2, -0.15) is 0 Å². The number of H-pyrrole nitrogens is 1. The molecule has 1 aromatic heterocycles. The quantitative estimate of drug-likeness (QED) is 0.291. The summed E-state index contributed by atoms with van der Waals surface area (Å²) in [5.41, 5.74) is 5.55. The van der Waals surface area contributed by atoms with E-state index >= 15 is 0 Å². The van der Waals surface area contributed by atoms with Gasteiger partial charge in [-0.1, -0.05) is 12.1 Å². The van der Waals surface area contributed by atoms with Crippen molar-refractivity contribution in [2.24, 2.45) is 40.9 Å². The minimum atomic E-state index is -0.123. The molecule has 0 saturated heterocycles. The second-order valence-electron chi connectivity index (χ2n) is 15.3. The lowest BCUT2D eigenvalue weighted by Gasteiger charge is -2.57. The van der Waals surface area contributed by atoms with Gasteiger partial charge in [0.05, 0.1) is 17.3 Å². The Bertz CT molecular complexity index is 1410. The van der Waals surface area contributed by atoms with Crippen LogP contribution in [-0.4, -0.2) is 21.4 Å². The lowest BCUT2D eigenvalue weighted by atomic mass is 9.49. The van der Waals surface area contributed by atoms with Gasteiger partial charge in [-0.3, -0.25) is 4.79 Å². The van der Waals surface area contributed by atoms with Gasteiger partial charge in [0.1, 0.15) is 5.82 Å². The van der Waals surface area contributed by atoms with Crippen LogP contribution < -0.4 is 10.6 Å². The summed E-state index contributed by atoms with van der Waals surface area (Å²) < 4.78 is 0. The number of hydrogen-bond acceptors (Lipinski definition) is 3. The van der Waals surface area contributed by atoms with Gasteiger partial charge in [0.15, 0.2) is 0 Å². The molecule has 8 fully saturated rings. The molecule has 0 unspecified atom stereocenters. The fourth-order valence-electron chi connectivity index (χ4n) is 11.3. The highest BCUT2D eigenvalue weighted by Crippen LogP contribution is 2.60. The molecule has 2 aromatic carbocycles. The summed E-state index contributed by atoms with van der Waals surface area (Å²) in [5.74, 6) is 6.24. The number of benzene rings is 2. The van der Waals surface area contributed by atoms with Crippen LogP contribution in [0.15, 0.2) is 54.7 Å². The summed E-state index contributed by atoms with van der Waals surface area (Å²) in [6.45, 7) is 0. The van der Waals surface area contributed by atoms with Crippen LogP contribution in [-0.2, 0) is 4.79 Å². The highest BCUT2D eigenvalue weighted by Gasteiger charge is 2.54. The van der Waals surface area contributed by atoms with Crippen molar-refractivity contribution in [2.75, 3.05) is 10.6 Å². The summed E-state index contributed by atoms with van der Waals surface area (Å²) >= 11 is 0. The monoisotopic (exact) mass is 546 g/mol. The average molecular weight is 547 g/mol. The van der Waals surface area contributed by atoms with Crippen LogP contribution in [0, 0.1) is 40.9 Å². The maximum absolute atomic E-state index is 13.5. The largest absolute Gasteiger partial charge is 0.380 e. The van der Waals surface area contributed by atoms with E-state index in [9.17, 15) is 4.79 Å². The van der Waals surface area contributed by atoms with Crippen LogP contribution >= 0.6 is 0 Å². The molecule has 5 nitrogen and oxygen atoms in total. The van der Waals surface area contributed by atoms with Gasteiger partial charge < -0.3 is 15.6 Å². The van der Waals surface area contributed by atoms with E-state index in [1.165, 1.54) is 63.5 Å². The maximum atomic E-state index is 13.5. The van der Waals surface area contributed by atoms with Crippen molar-refractivity contribution >= 4 is 17.3 Å². The maximum Gasteiger partial charge on any atom is 0.230 e. The molecular weight excluding hydrogens is 504 g/mol. The SMILES string of the molecule is O=C(Nc1ccc(-c2ncc(-c3cccc(NC45CC6CC(CC(C6)C4)C5)c3)[nH]2)cc1)C12CC3CC(CC(C3)C1)C2. The van der Waals surface area contributed by atoms with E-state index in [2.05, 4.69) is 52.0 Å². The Balaban J connectivity index is 0.889. The van der Waals surface area contributed by atoms with Crippen molar-refractivity contribution < 1.29 is 4.79 Å². The minimum Gasteiger partial charge on any atom is -0.380 e. The molecule has 0 atom stereocenters. The Labute approximate surface area is 243 Å². The van der Waals surface area contributed by atoms with Crippen LogP contribution in [0.1, 0.15) is 77.0 Å². The van der Waals surface area contributed by atoms with Gasteiger partial charge in [-0.05, 0) is 149 Å². The Morgan fingerprint density at radius 1 is 0.707 bits per heavy atom. The topological polar surface area (TPSA) is 69.8 Å². The third-order valence-electron chi connectivity index (χ3n) is 12.1. The molecule has 8 bridgehead atoms. The van der Waals surface area contributed by atoms with Gasteiger partial charge in [0.25, 0.3) is 0 Å². The zero-order valence-corrected chi connectivity index (χ0v) is 24.0. The Morgan fingerprint density at radius 3 is 1.90 bits per heavy atom. The van der Waals surface area contributed by atoms with E-state index in [4.69, 9.17) is 4.98 Å². The second kappa shape index (κ2) is 8.96. The van der Waals surface area contributed by atoms with Gasteiger partial charge in [-0.15, -0.1) is 0 Å². The molecular formula is C36H42N4O. The van der Waals surface area contributed by atoms with E-state index in [-0.39, 0.29) is 11.3 Å². The number of carbonyl (C=O) groups excluding carboxylic acids is 1. The molecule has 8 saturated carbocycles. The molecule has 0 radical (unpaired) electrons. The van der Waals surface area contributed by atoms with Gasteiger partial charge >= 0.3 is 0 Å². The third kappa shape index (κ3) is 4.25. The predicted octanol–water partition coefficient (Wildman–Crippen LogP) is 8.28. The van der Waals surface area contributed by atoms with Crippen LogP contribution in [0.25, 0.3) is 22.6 Å². The van der Waals surface area contributed by atoms with Crippen LogP contribution in [0.4, 0.5) is 11.4 Å². The number of rotatable bonds is 6. The molecule has 1 heterocycles. The summed E-state index contributed by atoms with van der Waals surface area (Å²) in [4.78, 5) is 21.8. The summed E-state index contributed by atoms with van der Waals surface area (Å²) in [7, 11) is 0. The summed E-state index contributed by atoms with van der Waals surface area (Å²) in [6.07, 6.45) is 17.7. The van der Waals surface area contributed by atoms with Crippen LogP contribution in [0.2, 0.25) is 0 Å². The van der Waals surface area contributed by atoms with Crippen molar-refractivity contribution in [1.82, 2.24) is 9.97 Å². The Kier molecular flexibility index (Phi) is 5.36. The standard InChI is InChI=1S/C36H42N4O/c41-34(35-15-22-8-23(16-35)10-24(9-22)17-35)38-30-6-4-28(5-7-30)33-37-21-32(39-33)29-2-1-3-31(14-29)40-36-18-25-11-26(19-36)13-27(12-25)20-36/h1-7,14,21-27,40H,8-13,15-20H2,(H,37,39)(H,38,41). The lowest BCUT2D eigenvalue weighted by Crippen LogP contribution is -2.54. The normalized spacial score (nSPS) is 37.9. The van der Waals surface area contributed by atoms with Crippen molar-refractivity contribution in [3.8, 4) is 22.6 Å². The highest BCUT2D eigenvalue weighted by atomic mass is 16.2. The first-order valence-corrected chi connectivity index (χ1v) is 16.3. The summed E-state index contributed by atoms with van der Waals surface area (Å²) in [6, 6.07) is 17.1. The van der Waals surface area contributed by atoms with E-state index in [0.717, 1.165) is 83.1 Å². The molecule has 8 aliphatic carbocycles. The van der Waals surface area contributed by atoms with Crippen LogP contribution in [0.5, 0.6) is 0 Å². The minimum absolute atomic E-state index is 0.123. The number of hydrogen-bond donors (Lipinski definition) is 3. The first-order valence-electron chi connectivity index (χ1n) is 16.3. The number of anilines is 2. The average Bonchev–Trinajstić information content (AvgIpc) is 3.42. The zero-order chi connectivity index (χ0) is 27.2. The van der Waals surface area contributed by atoms with Crippen molar-refractivity contribution in [2.45, 2.75) is 82.6 Å². The fraction of sp³-hybridized carbons (Fsp3) is 0.556. The molecule has 212 valence electrons. The molecule has 0 aliphatic heterocycles. The number of amides is 1. The van der Waals surface area contributed by atoms with Gasteiger partial charge in [0, 0.05) is 28.0 Å². The molecule has 5 heteroatoms. The zero-order valence-electron chi connectivity index (χ0n) is 24.0. The molecule has 3 aromatic rings. The second-order valence-corrected chi connectivity index (χ2v) is 15.3. The molecule has 3 N–H and O–H groups in total. The number of carbonyl (C=O) groups is 1. The van der Waals surface area contributed by atoms with Crippen LogP contribution in [0.3, 0.4) is 0 Å². The predicted molar refractivity (Wildman–Crippen MR) is 163 cm³/mol. The number of aromatic amines is 1.